The molecule has 1 aliphatic heterocycles. The minimum Gasteiger partial charge on any atom is -0.378 e. The van der Waals surface area contributed by atoms with Crippen LogP contribution in [0.15, 0.2) is 24.3 Å². The maximum Gasteiger partial charge on any atom is 0.123 e. The Balaban J connectivity index is 2.02. The van der Waals surface area contributed by atoms with Crippen LogP contribution in [0.5, 0.6) is 0 Å². The van der Waals surface area contributed by atoms with Gasteiger partial charge in [0, 0.05) is 18.6 Å². The Bertz CT molecular complexity index is 379. The van der Waals surface area contributed by atoms with Crippen molar-refractivity contribution in [2.45, 2.75) is 45.3 Å². The average Bonchev–Trinajstić information content (AvgIpc) is 2.83. The van der Waals surface area contributed by atoms with Crippen LogP contribution in [0.25, 0.3) is 0 Å². The highest BCUT2D eigenvalue weighted by atomic mass is 19.1. The first-order valence-electron chi connectivity index (χ1n) is 7.30. The molecule has 2 rings (SSSR count). The molecule has 0 amide bonds. The zero-order valence-electron chi connectivity index (χ0n) is 11.9. The summed E-state index contributed by atoms with van der Waals surface area (Å²) in [6.07, 6.45) is 3.50. The highest BCUT2D eigenvalue weighted by molar-refractivity contribution is 5.17. The summed E-state index contributed by atoms with van der Waals surface area (Å²) in [4.78, 5) is 0. The lowest BCUT2D eigenvalue weighted by Gasteiger charge is -2.27. The summed E-state index contributed by atoms with van der Waals surface area (Å²) in [5.41, 5.74) is 1.19. The summed E-state index contributed by atoms with van der Waals surface area (Å²) >= 11 is 0. The van der Waals surface area contributed by atoms with Gasteiger partial charge in [0.25, 0.3) is 0 Å². The Labute approximate surface area is 115 Å². The Morgan fingerprint density at radius 2 is 2.11 bits per heavy atom. The second-order valence-corrected chi connectivity index (χ2v) is 5.42. The van der Waals surface area contributed by atoms with Crippen molar-refractivity contribution in [2.75, 3.05) is 13.2 Å². The second kappa shape index (κ2) is 7.01. The fourth-order valence-corrected chi connectivity index (χ4v) is 2.86. The number of benzene rings is 1. The quantitative estimate of drug-likeness (QED) is 0.853. The van der Waals surface area contributed by atoms with Crippen molar-refractivity contribution in [2.24, 2.45) is 5.92 Å². The fourth-order valence-electron chi connectivity index (χ4n) is 2.86. The van der Waals surface area contributed by atoms with E-state index in [2.05, 4.69) is 19.2 Å². The van der Waals surface area contributed by atoms with Crippen LogP contribution < -0.4 is 5.32 Å². The van der Waals surface area contributed by atoms with E-state index in [4.69, 9.17) is 4.74 Å². The van der Waals surface area contributed by atoms with E-state index in [9.17, 15) is 4.39 Å². The molecule has 0 bridgehead atoms. The van der Waals surface area contributed by atoms with E-state index in [0.29, 0.717) is 18.1 Å². The molecule has 2 nitrogen and oxygen atoms in total. The molecular weight excluding hydrogens is 241 g/mol. The summed E-state index contributed by atoms with van der Waals surface area (Å²) in [5, 5.41) is 3.63. The van der Waals surface area contributed by atoms with E-state index in [1.807, 2.05) is 12.1 Å². The average molecular weight is 265 g/mol. The molecule has 1 N–H and O–H groups in total. The molecule has 1 fully saturated rings. The molecule has 0 radical (unpaired) electrons. The van der Waals surface area contributed by atoms with Gasteiger partial charge in [-0.25, -0.2) is 4.39 Å². The molecule has 1 heterocycles. The van der Waals surface area contributed by atoms with Crippen molar-refractivity contribution in [1.82, 2.24) is 5.32 Å². The van der Waals surface area contributed by atoms with Gasteiger partial charge in [-0.15, -0.1) is 0 Å². The van der Waals surface area contributed by atoms with E-state index < -0.39 is 0 Å². The zero-order valence-corrected chi connectivity index (χ0v) is 11.9. The van der Waals surface area contributed by atoms with Crippen LogP contribution in [-0.4, -0.2) is 25.3 Å². The first-order chi connectivity index (χ1) is 9.20. The third kappa shape index (κ3) is 4.02. The minimum atomic E-state index is -0.167. The molecule has 3 heteroatoms. The van der Waals surface area contributed by atoms with Gasteiger partial charge in [-0.2, -0.15) is 0 Å². The topological polar surface area (TPSA) is 21.3 Å². The van der Waals surface area contributed by atoms with E-state index >= 15 is 0 Å². The maximum atomic E-state index is 13.0. The van der Waals surface area contributed by atoms with Crippen LogP contribution in [0.3, 0.4) is 0 Å². The van der Waals surface area contributed by atoms with Gasteiger partial charge in [-0.3, -0.25) is 0 Å². The van der Waals surface area contributed by atoms with Gasteiger partial charge in [0.15, 0.2) is 0 Å². The number of nitrogens with one attached hydrogen (secondary N) is 1. The standard InChI is InChI=1S/C16H24FNO/c1-3-9-18-16(15-8-10-19-12(15)2)11-13-4-6-14(17)7-5-13/h4-7,12,15-16,18H,3,8-11H2,1-2H3. The third-order valence-corrected chi connectivity index (χ3v) is 3.98. The van der Waals surface area contributed by atoms with Crippen molar-refractivity contribution < 1.29 is 9.13 Å². The van der Waals surface area contributed by atoms with Crippen molar-refractivity contribution in [1.29, 1.82) is 0 Å². The van der Waals surface area contributed by atoms with Crippen LogP contribution >= 0.6 is 0 Å². The SMILES string of the molecule is CCCNC(Cc1ccc(F)cc1)C1CCOC1C. The lowest BCUT2D eigenvalue weighted by molar-refractivity contribution is 0.0954. The van der Waals surface area contributed by atoms with Gasteiger partial charge in [0.1, 0.15) is 5.82 Å². The zero-order chi connectivity index (χ0) is 13.7. The summed E-state index contributed by atoms with van der Waals surface area (Å²) in [5.74, 6) is 0.385. The van der Waals surface area contributed by atoms with Crippen LogP contribution in [0.2, 0.25) is 0 Å². The molecular formula is C16H24FNO. The van der Waals surface area contributed by atoms with Gasteiger partial charge in [0.2, 0.25) is 0 Å². The molecule has 1 saturated heterocycles. The van der Waals surface area contributed by atoms with Gasteiger partial charge >= 0.3 is 0 Å². The van der Waals surface area contributed by atoms with E-state index in [-0.39, 0.29) is 5.82 Å². The first-order valence-corrected chi connectivity index (χ1v) is 7.30. The third-order valence-electron chi connectivity index (χ3n) is 3.98. The Morgan fingerprint density at radius 3 is 2.68 bits per heavy atom. The molecule has 3 unspecified atom stereocenters. The maximum absolute atomic E-state index is 13.0. The molecule has 106 valence electrons. The predicted molar refractivity (Wildman–Crippen MR) is 75.7 cm³/mol. The van der Waals surface area contributed by atoms with Crippen molar-refractivity contribution in [3.8, 4) is 0 Å². The van der Waals surface area contributed by atoms with E-state index in [1.165, 1.54) is 5.56 Å². The highest BCUT2D eigenvalue weighted by Crippen LogP contribution is 2.26. The lowest BCUT2D eigenvalue weighted by atomic mass is 9.88. The summed E-state index contributed by atoms with van der Waals surface area (Å²) in [7, 11) is 0. The summed E-state index contributed by atoms with van der Waals surface area (Å²) in [6, 6.07) is 7.27. The number of rotatable bonds is 6. The van der Waals surface area contributed by atoms with Crippen LogP contribution in [0.4, 0.5) is 4.39 Å². The van der Waals surface area contributed by atoms with Crippen LogP contribution in [0.1, 0.15) is 32.3 Å². The van der Waals surface area contributed by atoms with Gasteiger partial charge in [0.05, 0.1) is 6.10 Å². The molecule has 19 heavy (non-hydrogen) atoms. The summed E-state index contributed by atoms with van der Waals surface area (Å²) in [6.45, 7) is 6.22. The van der Waals surface area contributed by atoms with Crippen molar-refractivity contribution >= 4 is 0 Å². The van der Waals surface area contributed by atoms with E-state index in [1.54, 1.807) is 12.1 Å². The van der Waals surface area contributed by atoms with Crippen LogP contribution in [0, 0.1) is 11.7 Å². The second-order valence-electron chi connectivity index (χ2n) is 5.42. The largest absolute Gasteiger partial charge is 0.378 e. The molecule has 3 atom stereocenters. The first kappa shape index (κ1) is 14.5. The minimum absolute atomic E-state index is 0.167. The van der Waals surface area contributed by atoms with Crippen molar-refractivity contribution in [3.05, 3.63) is 35.6 Å². The van der Waals surface area contributed by atoms with E-state index in [0.717, 1.165) is 32.4 Å². The van der Waals surface area contributed by atoms with Crippen LogP contribution in [-0.2, 0) is 11.2 Å². The molecule has 0 aliphatic carbocycles. The molecule has 1 aliphatic rings. The number of halogens is 1. The van der Waals surface area contributed by atoms with Gasteiger partial charge < -0.3 is 10.1 Å². The number of hydrogen-bond acceptors (Lipinski definition) is 2. The fraction of sp³-hybridized carbons (Fsp3) is 0.625. The Hall–Kier alpha value is -0.930. The monoisotopic (exact) mass is 265 g/mol. The number of ether oxygens (including phenoxy) is 1. The molecule has 0 saturated carbocycles. The normalized spacial score (nSPS) is 24.6. The smallest absolute Gasteiger partial charge is 0.123 e. The Kier molecular flexibility index (Phi) is 5.34. The van der Waals surface area contributed by atoms with Crippen molar-refractivity contribution in [3.63, 3.8) is 0 Å². The van der Waals surface area contributed by atoms with Gasteiger partial charge in [-0.1, -0.05) is 19.1 Å². The molecule has 0 spiro atoms. The summed E-state index contributed by atoms with van der Waals surface area (Å²) < 4.78 is 18.6. The molecule has 0 aromatic heterocycles. The lowest BCUT2D eigenvalue weighted by Crippen LogP contribution is -2.41. The predicted octanol–water partition coefficient (Wildman–Crippen LogP) is 3.16. The highest BCUT2D eigenvalue weighted by Gasteiger charge is 2.31. The molecule has 1 aromatic rings. The van der Waals surface area contributed by atoms with Gasteiger partial charge in [-0.05, 0) is 50.4 Å². The molecule has 1 aromatic carbocycles. The number of hydrogen-bond donors (Lipinski definition) is 1. The Morgan fingerprint density at radius 1 is 1.37 bits per heavy atom.